The Morgan fingerprint density at radius 2 is 1.41 bits per heavy atom. The third-order valence-corrected chi connectivity index (χ3v) is 5.36. The van der Waals surface area contributed by atoms with E-state index in [1.54, 1.807) is 0 Å². The highest BCUT2D eigenvalue weighted by molar-refractivity contribution is 5.46. The van der Waals surface area contributed by atoms with E-state index in [-0.39, 0.29) is 5.41 Å². The predicted octanol–water partition coefficient (Wildman–Crippen LogP) is 2.49. The molecule has 2 aliphatic rings. The Kier molecular flexibility index (Phi) is 4.85. The molecule has 144 valence electrons. The normalized spacial score (nSPS) is 18.3. The molecule has 2 fully saturated rings. The minimum atomic E-state index is 0.0297. The van der Waals surface area contributed by atoms with Crippen molar-refractivity contribution in [2.75, 3.05) is 54.0 Å². The molecule has 2 saturated heterocycles. The second-order valence-electron chi connectivity index (χ2n) is 8.41. The van der Waals surface area contributed by atoms with E-state index in [2.05, 4.69) is 62.8 Å². The molecule has 2 aromatic rings. The fourth-order valence-corrected chi connectivity index (χ4v) is 3.64. The maximum atomic E-state index is 4.81. The van der Waals surface area contributed by atoms with Gasteiger partial charge >= 0.3 is 0 Å². The predicted molar refractivity (Wildman–Crippen MR) is 109 cm³/mol. The molecule has 2 aromatic heterocycles. The van der Waals surface area contributed by atoms with Crippen molar-refractivity contribution in [1.29, 1.82) is 0 Å². The van der Waals surface area contributed by atoms with Gasteiger partial charge in [0.25, 0.3) is 0 Å². The lowest BCUT2D eigenvalue weighted by atomic mass is 9.92. The Labute approximate surface area is 161 Å². The van der Waals surface area contributed by atoms with Gasteiger partial charge in [0.15, 0.2) is 5.82 Å². The number of hydrogen-bond donors (Lipinski definition) is 0. The van der Waals surface area contributed by atoms with Crippen LogP contribution in [0, 0.1) is 0 Å². The van der Waals surface area contributed by atoms with Crippen molar-refractivity contribution >= 4 is 17.6 Å². The van der Waals surface area contributed by atoms with Gasteiger partial charge in [-0.15, -0.1) is 5.10 Å². The van der Waals surface area contributed by atoms with Gasteiger partial charge in [-0.2, -0.15) is 10.1 Å². The summed E-state index contributed by atoms with van der Waals surface area (Å²) in [4.78, 5) is 16.2. The Balaban J connectivity index is 1.39. The summed E-state index contributed by atoms with van der Waals surface area (Å²) in [5, 5.41) is 8.88. The molecule has 0 radical (unpaired) electrons. The van der Waals surface area contributed by atoms with Gasteiger partial charge in [0.1, 0.15) is 5.82 Å². The van der Waals surface area contributed by atoms with E-state index in [1.807, 2.05) is 12.3 Å². The van der Waals surface area contributed by atoms with E-state index in [0.29, 0.717) is 0 Å². The Morgan fingerprint density at radius 1 is 0.741 bits per heavy atom. The zero-order chi connectivity index (χ0) is 18.9. The van der Waals surface area contributed by atoms with Gasteiger partial charge in [-0.05, 0) is 31.0 Å². The Morgan fingerprint density at radius 3 is 2.04 bits per heavy atom. The fourth-order valence-electron chi connectivity index (χ4n) is 3.64. The van der Waals surface area contributed by atoms with E-state index < -0.39 is 0 Å². The lowest BCUT2D eigenvalue weighted by molar-refractivity contribution is 0.556. The molecule has 0 saturated carbocycles. The van der Waals surface area contributed by atoms with Crippen LogP contribution >= 0.6 is 0 Å². The average Bonchev–Trinajstić information content (AvgIpc) is 3.23. The van der Waals surface area contributed by atoms with Crippen LogP contribution in [0.2, 0.25) is 0 Å². The third-order valence-electron chi connectivity index (χ3n) is 5.36. The molecule has 0 bridgehead atoms. The maximum absolute atomic E-state index is 4.81. The lowest BCUT2D eigenvalue weighted by Crippen LogP contribution is -2.47. The topological polar surface area (TPSA) is 61.3 Å². The van der Waals surface area contributed by atoms with Crippen LogP contribution < -0.4 is 14.7 Å². The van der Waals surface area contributed by atoms with Crippen molar-refractivity contribution in [2.45, 2.75) is 39.0 Å². The van der Waals surface area contributed by atoms with Crippen molar-refractivity contribution in [3.8, 4) is 0 Å². The van der Waals surface area contributed by atoms with Crippen LogP contribution in [0.3, 0.4) is 0 Å². The zero-order valence-electron chi connectivity index (χ0n) is 16.6. The summed E-state index contributed by atoms with van der Waals surface area (Å²) in [6.07, 6.45) is 4.40. The standard InChI is InChI=1S/C20H29N7/c1-20(2,3)16-6-7-18(24-23-16)26-12-14-27(15-13-26)19-21-9-8-17(22-19)25-10-4-5-11-25/h6-9H,4-5,10-15H2,1-3H3. The van der Waals surface area contributed by atoms with Gasteiger partial charge < -0.3 is 14.7 Å². The van der Waals surface area contributed by atoms with Gasteiger partial charge in [-0.1, -0.05) is 20.8 Å². The highest BCUT2D eigenvalue weighted by Crippen LogP contribution is 2.23. The molecule has 0 N–H and O–H groups in total. The minimum absolute atomic E-state index is 0.0297. The first-order valence-electron chi connectivity index (χ1n) is 9.93. The number of anilines is 3. The van der Waals surface area contributed by atoms with Gasteiger partial charge in [-0.25, -0.2) is 4.98 Å². The number of rotatable bonds is 3. The Bertz CT molecular complexity index is 755. The summed E-state index contributed by atoms with van der Waals surface area (Å²) < 4.78 is 0. The molecule has 7 nitrogen and oxygen atoms in total. The van der Waals surface area contributed by atoms with Crippen LogP contribution in [-0.2, 0) is 5.41 Å². The number of piperazine rings is 1. The first kappa shape index (κ1) is 17.9. The highest BCUT2D eigenvalue weighted by Gasteiger charge is 2.23. The van der Waals surface area contributed by atoms with E-state index in [0.717, 1.165) is 62.5 Å². The van der Waals surface area contributed by atoms with Gasteiger partial charge in [0.2, 0.25) is 5.95 Å². The molecular formula is C20H29N7. The fraction of sp³-hybridized carbons (Fsp3) is 0.600. The monoisotopic (exact) mass is 367 g/mol. The summed E-state index contributed by atoms with van der Waals surface area (Å²) >= 11 is 0. The van der Waals surface area contributed by atoms with Gasteiger partial charge in [0.05, 0.1) is 5.69 Å². The van der Waals surface area contributed by atoms with E-state index in [9.17, 15) is 0 Å². The summed E-state index contributed by atoms with van der Waals surface area (Å²) in [5.74, 6) is 2.85. The summed E-state index contributed by atoms with van der Waals surface area (Å²) in [6, 6.07) is 6.21. The first-order valence-corrected chi connectivity index (χ1v) is 9.93. The number of hydrogen-bond acceptors (Lipinski definition) is 7. The van der Waals surface area contributed by atoms with Crippen LogP contribution in [0.5, 0.6) is 0 Å². The molecule has 4 rings (SSSR count). The van der Waals surface area contributed by atoms with E-state index in [1.165, 1.54) is 12.8 Å². The quantitative estimate of drug-likeness (QED) is 0.826. The smallest absolute Gasteiger partial charge is 0.227 e. The van der Waals surface area contributed by atoms with Crippen LogP contribution in [0.15, 0.2) is 24.4 Å². The number of nitrogens with zero attached hydrogens (tertiary/aromatic N) is 7. The first-order chi connectivity index (χ1) is 13.0. The second kappa shape index (κ2) is 7.29. The minimum Gasteiger partial charge on any atom is -0.356 e. The zero-order valence-corrected chi connectivity index (χ0v) is 16.6. The van der Waals surface area contributed by atoms with Crippen molar-refractivity contribution in [2.24, 2.45) is 0 Å². The molecule has 7 heteroatoms. The lowest BCUT2D eigenvalue weighted by Gasteiger charge is -2.35. The number of aromatic nitrogens is 4. The average molecular weight is 368 g/mol. The largest absolute Gasteiger partial charge is 0.356 e. The second-order valence-corrected chi connectivity index (χ2v) is 8.41. The maximum Gasteiger partial charge on any atom is 0.227 e. The SMILES string of the molecule is CC(C)(C)c1ccc(N2CCN(c3nccc(N4CCCC4)n3)CC2)nn1. The molecule has 0 aromatic carbocycles. The molecule has 4 heterocycles. The molecule has 0 atom stereocenters. The van der Waals surface area contributed by atoms with Gasteiger partial charge in [0, 0.05) is 50.9 Å². The van der Waals surface area contributed by atoms with E-state index >= 15 is 0 Å². The molecule has 0 unspecified atom stereocenters. The van der Waals surface area contributed by atoms with Crippen molar-refractivity contribution in [3.05, 3.63) is 30.1 Å². The van der Waals surface area contributed by atoms with Crippen LogP contribution in [0.1, 0.15) is 39.3 Å². The molecule has 0 amide bonds. The van der Waals surface area contributed by atoms with Crippen molar-refractivity contribution in [3.63, 3.8) is 0 Å². The van der Waals surface area contributed by atoms with Crippen LogP contribution in [0.4, 0.5) is 17.6 Å². The summed E-state index contributed by atoms with van der Waals surface area (Å²) in [6.45, 7) is 12.3. The van der Waals surface area contributed by atoms with Crippen LogP contribution in [-0.4, -0.2) is 59.4 Å². The van der Waals surface area contributed by atoms with Crippen molar-refractivity contribution in [1.82, 2.24) is 20.2 Å². The van der Waals surface area contributed by atoms with Crippen molar-refractivity contribution < 1.29 is 0 Å². The third kappa shape index (κ3) is 3.96. The van der Waals surface area contributed by atoms with E-state index in [4.69, 9.17) is 4.98 Å². The summed E-state index contributed by atoms with van der Waals surface area (Å²) in [7, 11) is 0. The molecule has 2 aliphatic heterocycles. The summed E-state index contributed by atoms with van der Waals surface area (Å²) in [5.41, 5.74) is 1.05. The highest BCUT2D eigenvalue weighted by atomic mass is 15.4. The Hall–Kier alpha value is -2.44. The molecule has 27 heavy (non-hydrogen) atoms. The molecule has 0 aliphatic carbocycles. The van der Waals surface area contributed by atoms with Crippen LogP contribution in [0.25, 0.3) is 0 Å². The molecule has 0 spiro atoms. The van der Waals surface area contributed by atoms with Gasteiger partial charge in [-0.3, -0.25) is 0 Å². The molecular weight excluding hydrogens is 338 g/mol.